The Morgan fingerprint density at radius 3 is 2.74 bits per heavy atom. The number of rotatable bonds is 6. The number of morpholine rings is 1. The second-order valence-electron chi connectivity index (χ2n) is 6.25. The smallest absolute Gasteiger partial charge is 0.248 e. The van der Waals surface area contributed by atoms with Gasteiger partial charge in [-0.05, 0) is 26.7 Å². The van der Waals surface area contributed by atoms with Gasteiger partial charge in [0.1, 0.15) is 6.10 Å². The van der Waals surface area contributed by atoms with Crippen molar-refractivity contribution in [2.75, 3.05) is 26.2 Å². The maximum atomic E-state index is 11.8. The van der Waals surface area contributed by atoms with Crippen LogP contribution in [-0.4, -0.2) is 50.0 Å². The van der Waals surface area contributed by atoms with Crippen LogP contribution in [0.4, 0.5) is 0 Å². The van der Waals surface area contributed by atoms with E-state index in [1.54, 1.807) is 6.92 Å². The molecule has 2 unspecified atom stereocenters. The molecule has 19 heavy (non-hydrogen) atoms. The zero-order valence-corrected chi connectivity index (χ0v) is 12.8. The largest absolute Gasteiger partial charge is 0.367 e. The monoisotopic (exact) mass is 272 g/mol. The van der Waals surface area contributed by atoms with Crippen molar-refractivity contribution in [1.29, 1.82) is 0 Å². The fourth-order valence-corrected chi connectivity index (χ4v) is 1.94. The van der Waals surface area contributed by atoms with Gasteiger partial charge in [0.2, 0.25) is 5.91 Å². The first kappa shape index (κ1) is 16.4. The molecule has 0 spiro atoms. The highest BCUT2D eigenvalue weighted by Gasteiger charge is 2.29. The van der Waals surface area contributed by atoms with Crippen molar-refractivity contribution >= 4 is 5.91 Å². The lowest BCUT2D eigenvalue weighted by atomic mass is 10.1. The van der Waals surface area contributed by atoms with E-state index in [1.807, 2.05) is 13.8 Å². The lowest BCUT2D eigenvalue weighted by molar-refractivity contribution is -0.145. The van der Waals surface area contributed by atoms with Crippen molar-refractivity contribution in [3.8, 4) is 0 Å². The standard InChI is InChI=1S/C14H28N2O3/c1-10(2)6-16-13(17)11(3)18-8-12-7-15-9-14(4,5)19-12/h10-12,15H,6-9H2,1-5H3,(H,16,17). The molecule has 2 atom stereocenters. The summed E-state index contributed by atoms with van der Waals surface area (Å²) in [5.41, 5.74) is -0.171. The highest BCUT2D eigenvalue weighted by molar-refractivity contribution is 5.80. The molecule has 0 aromatic heterocycles. The maximum Gasteiger partial charge on any atom is 0.248 e. The summed E-state index contributed by atoms with van der Waals surface area (Å²) in [4.78, 5) is 11.8. The van der Waals surface area contributed by atoms with E-state index in [0.717, 1.165) is 13.1 Å². The Morgan fingerprint density at radius 1 is 1.47 bits per heavy atom. The first-order valence-corrected chi connectivity index (χ1v) is 7.08. The minimum Gasteiger partial charge on any atom is -0.367 e. The van der Waals surface area contributed by atoms with Crippen LogP contribution in [0.25, 0.3) is 0 Å². The Kier molecular flexibility index (Phi) is 6.23. The van der Waals surface area contributed by atoms with E-state index in [1.165, 1.54) is 0 Å². The van der Waals surface area contributed by atoms with E-state index >= 15 is 0 Å². The average molecular weight is 272 g/mol. The van der Waals surface area contributed by atoms with E-state index in [2.05, 4.69) is 24.5 Å². The van der Waals surface area contributed by atoms with Gasteiger partial charge in [-0.25, -0.2) is 0 Å². The van der Waals surface area contributed by atoms with Gasteiger partial charge in [-0.3, -0.25) is 4.79 Å². The van der Waals surface area contributed by atoms with Crippen LogP contribution in [0.1, 0.15) is 34.6 Å². The minimum atomic E-state index is -0.438. The fraction of sp³-hybridized carbons (Fsp3) is 0.929. The zero-order valence-electron chi connectivity index (χ0n) is 12.8. The molecule has 0 saturated carbocycles. The van der Waals surface area contributed by atoms with Crippen LogP contribution in [0.15, 0.2) is 0 Å². The number of hydrogen-bond acceptors (Lipinski definition) is 4. The number of hydrogen-bond donors (Lipinski definition) is 2. The summed E-state index contributed by atoms with van der Waals surface area (Å²) >= 11 is 0. The number of ether oxygens (including phenoxy) is 2. The third kappa shape index (κ3) is 6.36. The molecule has 1 rings (SSSR count). The maximum absolute atomic E-state index is 11.8. The highest BCUT2D eigenvalue weighted by Crippen LogP contribution is 2.15. The molecule has 1 amide bonds. The van der Waals surface area contributed by atoms with Crippen LogP contribution in [0.5, 0.6) is 0 Å². The molecule has 0 aromatic carbocycles. The normalized spacial score (nSPS) is 24.2. The number of amides is 1. The van der Waals surface area contributed by atoms with E-state index < -0.39 is 6.10 Å². The lowest BCUT2D eigenvalue weighted by Crippen LogP contribution is -2.52. The summed E-state index contributed by atoms with van der Waals surface area (Å²) in [5, 5.41) is 6.18. The molecule has 112 valence electrons. The SMILES string of the molecule is CC(C)CNC(=O)C(C)OCC1CNCC(C)(C)O1. The molecular formula is C14H28N2O3. The average Bonchev–Trinajstić information content (AvgIpc) is 2.31. The van der Waals surface area contributed by atoms with Gasteiger partial charge in [-0.2, -0.15) is 0 Å². The van der Waals surface area contributed by atoms with Crippen LogP contribution in [0, 0.1) is 5.92 Å². The van der Waals surface area contributed by atoms with Crippen molar-refractivity contribution < 1.29 is 14.3 Å². The van der Waals surface area contributed by atoms with Gasteiger partial charge in [0, 0.05) is 19.6 Å². The van der Waals surface area contributed by atoms with Crippen molar-refractivity contribution in [2.24, 2.45) is 5.92 Å². The minimum absolute atomic E-state index is 0.00380. The first-order chi connectivity index (χ1) is 8.80. The molecule has 5 heteroatoms. The third-order valence-corrected chi connectivity index (χ3v) is 2.99. The van der Waals surface area contributed by atoms with E-state index in [0.29, 0.717) is 19.1 Å². The quantitative estimate of drug-likeness (QED) is 0.755. The van der Waals surface area contributed by atoms with E-state index in [4.69, 9.17) is 9.47 Å². The summed E-state index contributed by atoms with van der Waals surface area (Å²) in [5.74, 6) is 0.388. The fourth-order valence-electron chi connectivity index (χ4n) is 1.94. The van der Waals surface area contributed by atoms with Crippen molar-refractivity contribution in [3.05, 3.63) is 0 Å². The van der Waals surface area contributed by atoms with Crippen molar-refractivity contribution in [3.63, 3.8) is 0 Å². The van der Waals surface area contributed by atoms with Crippen LogP contribution < -0.4 is 10.6 Å². The number of carbonyl (C=O) groups is 1. The molecule has 0 bridgehead atoms. The van der Waals surface area contributed by atoms with Gasteiger partial charge in [-0.1, -0.05) is 13.8 Å². The zero-order chi connectivity index (χ0) is 14.5. The van der Waals surface area contributed by atoms with Crippen LogP contribution in [0.2, 0.25) is 0 Å². The molecule has 1 heterocycles. The van der Waals surface area contributed by atoms with Crippen LogP contribution >= 0.6 is 0 Å². The van der Waals surface area contributed by atoms with Crippen molar-refractivity contribution in [2.45, 2.75) is 52.4 Å². The summed E-state index contributed by atoms with van der Waals surface area (Å²) in [7, 11) is 0. The molecule has 0 aliphatic carbocycles. The van der Waals surface area contributed by atoms with Gasteiger partial charge >= 0.3 is 0 Å². The topological polar surface area (TPSA) is 59.6 Å². The van der Waals surface area contributed by atoms with Gasteiger partial charge in [0.05, 0.1) is 18.3 Å². The second-order valence-corrected chi connectivity index (χ2v) is 6.25. The van der Waals surface area contributed by atoms with Gasteiger partial charge in [-0.15, -0.1) is 0 Å². The second kappa shape index (κ2) is 7.22. The predicted octanol–water partition coefficient (Wildman–Crippen LogP) is 0.931. The predicted molar refractivity (Wildman–Crippen MR) is 75.1 cm³/mol. The molecule has 5 nitrogen and oxygen atoms in total. The molecule has 1 aliphatic heterocycles. The molecular weight excluding hydrogens is 244 g/mol. The summed E-state index contributed by atoms with van der Waals surface area (Å²) in [6.45, 7) is 12.7. The van der Waals surface area contributed by atoms with Gasteiger partial charge in [0.15, 0.2) is 0 Å². The Labute approximate surface area is 116 Å². The number of nitrogens with one attached hydrogen (secondary N) is 2. The molecule has 0 radical (unpaired) electrons. The van der Waals surface area contributed by atoms with Crippen LogP contribution in [0.3, 0.4) is 0 Å². The van der Waals surface area contributed by atoms with Crippen LogP contribution in [-0.2, 0) is 14.3 Å². The Hall–Kier alpha value is -0.650. The Balaban J connectivity index is 2.25. The lowest BCUT2D eigenvalue weighted by Gasteiger charge is -2.36. The summed E-state index contributed by atoms with van der Waals surface area (Å²) in [6.07, 6.45) is -0.434. The molecule has 1 saturated heterocycles. The number of carbonyl (C=O) groups excluding carboxylic acids is 1. The van der Waals surface area contributed by atoms with E-state index in [9.17, 15) is 4.79 Å². The van der Waals surface area contributed by atoms with Gasteiger partial charge < -0.3 is 20.1 Å². The van der Waals surface area contributed by atoms with E-state index in [-0.39, 0.29) is 17.6 Å². The summed E-state index contributed by atoms with van der Waals surface area (Å²) in [6, 6.07) is 0. The summed E-state index contributed by atoms with van der Waals surface area (Å²) < 4.78 is 11.5. The Bertz CT molecular complexity index is 292. The molecule has 2 N–H and O–H groups in total. The third-order valence-electron chi connectivity index (χ3n) is 2.99. The Morgan fingerprint density at radius 2 is 2.16 bits per heavy atom. The van der Waals surface area contributed by atoms with Crippen molar-refractivity contribution in [1.82, 2.24) is 10.6 Å². The molecule has 1 aliphatic rings. The molecule has 1 fully saturated rings. The molecule has 0 aromatic rings. The van der Waals surface area contributed by atoms with Gasteiger partial charge in [0.25, 0.3) is 0 Å². The first-order valence-electron chi connectivity index (χ1n) is 7.08. The highest BCUT2D eigenvalue weighted by atomic mass is 16.6.